The smallest absolute Gasteiger partial charge is 0.318 e. The topological polar surface area (TPSA) is 38.3 Å². The van der Waals surface area contributed by atoms with E-state index in [9.17, 15) is 4.79 Å². The van der Waals surface area contributed by atoms with Gasteiger partial charge in [0, 0.05) is 5.69 Å². The Hall–Kier alpha value is -1.22. The first-order chi connectivity index (χ1) is 6.63. The van der Waals surface area contributed by atoms with Crippen LogP contribution in [0, 0.1) is 6.92 Å². The van der Waals surface area contributed by atoms with Gasteiger partial charge in [0.1, 0.15) is 5.75 Å². The minimum Gasteiger partial charge on any atom is -0.494 e. The van der Waals surface area contributed by atoms with E-state index in [-0.39, 0.29) is 0 Å². The first-order valence-electron chi connectivity index (χ1n) is 4.33. The van der Waals surface area contributed by atoms with Gasteiger partial charge >= 0.3 is 5.37 Å². The van der Waals surface area contributed by atoms with Gasteiger partial charge in [-0.2, -0.15) is 0 Å². The van der Waals surface area contributed by atoms with Crippen LogP contribution < -0.4 is 10.1 Å². The number of halogens is 1. The Morgan fingerprint density at radius 3 is 2.79 bits per heavy atom. The van der Waals surface area contributed by atoms with Gasteiger partial charge in [-0.1, -0.05) is 0 Å². The number of ether oxygens (including phenoxy) is 1. The zero-order chi connectivity index (χ0) is 10.6. The second-order valence-electron chi connectivity index (χ2n) is 2.81. The maximum atomic E-state index is 10.6. The van der Waals surface area contributed by atoms with E-state index < -0.39 is 5.37 Å². The molecule has 3 nitrogen and oxygen atoms in total. The van der Waals surface area contributed by atoms with Gasteiger partial charge in [-0.15, -0.1) is 0 Å². The molecule has 1 rings (SSSR count). The fourth-order valence-electron chi connectivity index (χ4n) is 1.16. The number of anilines is 1. The summed E-state index contributed by atoms with van der Waals surface area (Å²) in [4.78, 5) is 10.6. The van der Waals surface area contributed by atoms with Crippen LogP contribution in [0.2, 0.25) is 0 Å². The van der Waals surface area contributed by atoms with Crippen LogP contribution in [0.15, 0.2) is 18.2 Å². The summed E-state index contributed by atoms with van der Waals surface area (Å²) in [5.74, 6) is 0.820. The van der Waals surface area contributed by atoms with Crippen LogP contribution in [-0.4, -0.2) is 12.0 Å². The van der Waals surface area contributed by atoms with E-state index in [0.717, 1.165) is 11.3 Å². The molecule has 1 aromatic carbocycles. The number of benzene rings is 1. The Bertz CT molecular complexity index is 339. The molecule has 0 fully saturated rings. The number of carbonyl (C=O) groups is 1. The van der Waals surface area contributed by atoms with Crippen LogP contribution in [0.5, 0.6) is 5.75 Å². The van der Waals surface area contributed by atoms with Crippen LogP contribution >= 0.6 is 11.6 Å². The first-order valence-corrected chi connectivity index (χ1v) is 4.71. The van der Waals surface area contributed by atoms with Crippen molar-refractivity contribution in [3.63, 3.8) is 0 Å². The molecular weight excluding hydrogens is 202 g/mol. The molecule has 1 amide bonds. The molecule has 14 heavy (non-hydrogen) atoms. The lowest BCUT2D eigenvalue weighted by atomic mass is 10.2. The molecule has 0 spiro atoms. The SMILES string of the molecule is CCOc1ccc(NC(=O)Cl)cc1C. The van der Waals surface area contributed by atoms with Crippen LogP contribution in [0.25, 0.3) is 0 Å². The highest BCUT2D eigenvalue weighted by Crippen LogP contribution is 2.21. The van der Waals surface area contributed by atoms with Crippen molar-refractivity contribution in [3.05, 3.63) is 23.8 Å². The molecule has 0 bridgehead atoms. The van der Waals surface area contributed by atoms with Gasteiger partial charge in [0.25, 0.3) is 0 Å². The van der Waals surface area contributed by atoms with Gasteiger partial charge in [-0.25, -0.2) is 0 Å². The number of nitrogens with one attached hydrogen (secondary N) is 1. The summed E-state index contributed by atoms with van der Waals surface area (Å²) in [5, 5.41) is 1.90. The summed E-state index contributed by atoms with van der Waals surface area (Å²) in [7, 11) is 0. The molecule has 1 N–H and O–H groups in total. The summed E-state index contributed by atoms with van der Waals surface area (Å²) in [6, 6.07) is 5.37. The molecule has 1 aromatic rings. The van der Waals surface area contributed by atoms with Crippen molar-refractivity contribution >= 4 is 22.7 Å². The van der Waals surface area contributed by atoms with Crippen LogP contribution in [0.3, 0.4) is 0 Å². The molecule has 0 aromatic heterocycles. The summed E-state index contributed by atoms with van der Waals surface area (Å²) < 4.78 is 5.35. The lowest BCUT2D eigenvalue weighted by Gasteiger charge is -2.08. The van der Waals surface area contributed by atoms with E-state index in [1.54, 1.807) is 12.1 Å². The summed E-state index contributed by atoms with van der Waals surface area (Å²) in [6.07, 6.45) is 0. The van der Waals surface area contributed by atoms with Crippen LogP contribution in [-0.2, 0) is 0 Å². The molecule has 0 heterocycles. The molecule has 0 aliphatic carbocycles. The van der Waals surface area contributed by atoms with Gasteiger partial charge in [0.2, 0.25) is 0 Å². The van der Waals surface area contributed by atoms with Crippen molar-refractivity contribution in [2.45, 2.75) is 13.8 Å². The van der Waals surface area contributed by atoms with Crippen molar-refractivity contribution in [2.24, 2.45) is 0 Å². The fourth-order valence-corrected chi connectivity index (χ4v) is 1.27. The molecule has 0 aliphatic rings. The summed E-state index contributed by atoms with van der Waals surface area (Å²) >= 11 is 5.18. The van der Waals surface area contributed by atoms with Crippen molar-refractivity contribution in [2.75, 3.05) is 11.9 Å². The Balaban J connectivity index is 2.83. The predicted molar refractivity (Wildman–Crippen MR) is 57.2 cm³/mol. The largest absolute Gasteiger partial charge is 0.494 e. The van der Waals surface area contributed by atoms with Gasteiger partial charge in [0.15, 0.2) is 0 Å². The second kappa shape index (κ2) is 4.86. The number of hydrogen-bond acceptors (Lipinski definition) is 2. The van der Waals surface area contributed by atoms with Crippen molar-refractivity contribution in [1.29, 1.82) is 0 Å². The minimum absolute atomic E-state index is 0.589. The van der Waals surface area contributed by atoms with Gasteiger partial charge in [-0.3, -0.25) is 4.79 Å². The average molecular weight is 214 g/mol. The third kappa shape index (κ3) is 2.92. The van der Waals surface area contributed by atoms with E-state index in [2.05, 4.69) is 5.32 Å². The fraction of sp³-hybridized carbons (Fsp3) is 0.300. The lowest BCUT2D eigenvalue weighted by Crippen LogP contribution is -2.01. The molecular formula is C10H12ClNO2. The Morgan fingerprint density at radius 2 is 2.29 bits per heavy atom. The molecule has 0 atom stereocenters. The predicted octanol–water partition coefficient (Wildman–Crippen LogP) is 3.16. The summed E-state index contributed by atoms with van der Waals surface area (Å²) in [6.45, 7) is 4.46. The number of carbonyl (C=O) groups excluding carboxylic acids is 1. The number of hydrogen-bond donors (Lipinski definition) is 1. The monoisotopic (exact) mass is 213 g/mol. The zero-order valence-electron chi connectivity index (χ0n) is 8.13. The van der Waals surface area contributed by atoms with E-state index in [4.69, 9.17) is 16.3 Å². The van der Waals surface area contributed by atoms with Crippen molar-refractivity contribution < 1.29 is 9.53 Å². The minimum atomic E-state index is -0.589. The third-order valence-corrected chi connectivity index (χ3v) is 1.81. The van der Waals surface area contributed by atoms with Crippen molar-refractivity contribution in [1.82, 2.24) is 0 Å². The van der Waals surface area contributed by atoms with E-state index in [1.165, 1.54) is 0 Å². The van der Waals surface area contributed by atoms with E-state index in [1.807, 2.05) is 19.9 Å². The molecule has 4 heteroatoms. The molecule has 0 radical (unpaired) electrons. The van der Waals surface area contributed by atoms with E-state index in [0.29, 0.717) is 12.3 Å². The number of aryl methyl sites for hydroxylation is 1. The van der Waals surface area contributed by atoms with Gasteiger partial charge < -0.3 is 10.1 Å². The maximum absolute atomic E-state index is 10.6. The van der Waals surface area contributed by atoms with Gasteiger partial charge in [0.05, 0.1) is 6.61 Å². The average Bonchev–Trinajstić information content (AvgIpc) is 2.09. The number of amides is 1. The molecule has 0 saturated carbocycles. The first kappa shape index (κ1) is 10.9. The highest BCUT2D eigenvalue weighted by atomic mass is 35.5. The Labute approximate surface area is 88.0 Å². The third-order valence-electron chi connectivity index (χ3n) is 1.72. The van der Waals surface area contributed by atoms with Crippen molar-refractivity contribution in [3.8, 4) is 5.75 Å². The van der Waals surface area contributed by atoms with Crippen LogP contribution in [0.4, 0.5) is 10.5 Å². The lowest BCUT2D eigenvalue weighted by molar-refractivity contribution is 0.269. The second-order valence-corrected chi connectivity index (χ2v) is 3.16. The highest BCUT2D eigenvalue weighted by Gasteiger charge is 2.01. The molecule has 76 valence electrons. The Kier molecular flexibility index (Phi) is 3.77. The zero-order valence-corrected chi connectivity index (χ0v) is 8.89. The maximum Gasteiger partial charge on any atom is 0.318 e. The van der Waals surface area contributed by atoms with E-state index >= 15 is 0 Å². The summed E-state index contributed by atoms with van der Waals surface area (Å²) in [5.41, 5.74) is 1.64. The Morgan fingerprint density at radius 1 is 1.57 bits per heavy atom. The highest BCUT2D eigenvalue weighted by molar-refractivity contribution is 6.65. The molecule has 0 aliphatic heterocycles. The standard InChI is InChI=1S/C10H12ClNO2/c1-3-14-9-5-4-8(6-7(9)2)12-10(11)13/h4-6H,3H2,1-2H3,(H,12,13). The molecule has 0 unspecified atom stereocenters. The quantitative estimate of drug-likeness (QED) is 0.619. The van der Waals surface area contributed by atoms with Crippen LogP contribution in [0.1, 0.15) is 12.5 Å². The number of rotatable bonds is 3. The van der Waals surface area contributed by atoms with Gasteiger partial charge in [-0.05, 0) is 49.2 Å². The molecule has 0 saturated heterocycles. The normalized spacial score (nSPS) is 9.64.